The molecule has 1 aromatic carbocycles. The average Bonchev–Trinajstić information content (AvgIpc) is 2.63. The second-order valence-electron chi connectivity index (χ2n) is 6.11. The number of nitrogens with zero attached hydrogens (tertiary/aromatic N) is 3. The van der Waals surface area contributed by atoms with E-state index in [1.165, 1.54) is 12.1 Å². The van der Waals surface area contributed by atoms with Crippen LogP contribution in [0.25, 0.3) is 0 Å². The van der Waals surface area contributed by atoms with Crippen molar-refractivity contribution in [2.45, 2.75) is 25.7 Å². The van der Waals surface area contributed by atoms with E-state index < -0.39 is 0 Å². The highest BCUT2D eigenvalue weighted by Crippen LogP contribution is 2.25. The van der Waals surface area contributed by atoms with Gasteiger partial charge in [0, 0.05) is 19.8 Å². The molecule has 7 heteroatoms. The predicted octanol–water partition coefficient (Wildman–Crippen LogP) is 3.38. The third-order valence-corrected chi connectivity index (χ3v) is 4.17. The van der Waals surface area contributed by atoms with E-state index in [0.717, 1.165) is 23.8 Å². The van der Waals surface area contributed by atoms with Crippen molar-refractivity contribution in [2.24, 2.45) is 4.99 Å². The number of halogens is 2. The molecule has 3 rings (SSSR count). The fourth-order valence-corrected chi connectivity index (χ4v) is 2.99. The molecule has 0 spiro atoms. The molecule has 26 heavy (non-hydrogen) atoms. The molecule has 2 heterocycles. The number of nitrogens with one attached hydrogen (secondary N) is 1. The van der Waals surface area contributed by atoms with E-state index in [4.69, 9.17) is 4.74 Å². The SMILES string of the molecule is CN=C(NCc1ccccn1)N1CC(C)OC(c2ccc(F)cc2)C1.I. The van der Waals surface area contributed by atoms with Gasteiger partial charge in [-0.25, -0.2) is 4.39 Å². The first-order chi connectivity index (χ1) is 12.2. The molecule has 140 valence electrons. The number of guanidine groups is 1. The number of aliphatic imine (C=N–C) groups is 1. The molecular formula is C19H24FIN4O. The molecule has 0 aliphatic carbocycles. The van der Waals surface area contributed by atoms with E-state index in [9.17, 15) is 4.39 Å². The zero-order valence-corrected chi connectivity index (χ0v) is 17.3. The zero-order valence-electron chi connectivity index (χ0n) is 14.9. The van der Waals surface area contributed by atoms with Crippen LogP contribution >= 0.6 is 24.0 Å². The highest BCUT2D eigenvalue weighted by Gasteiger charge is 2.28. The first-order valence-electron chi connectivity index (χ1n) is 8.42. The average molecular weight is 470 g/mol. The van der Waals surface area contributed by atoms with E-state index in [0.29, 0.717) is 13.1 Å². The molecule has 5 nitrogen and oxygen atoms in total. The van der Waals surface area contributed by atoms with E-state index in [1.54, 1.807) is 25.4 Å². The smallest absolute Gasteiger partial charge is 0.194 e. The molecular weight excluding hydrogens is 446 g/mol. The van der Waals surface area contributed by atoms with Crippen molar-refractivity contribution in [3.05, 3.63) is 65.7 Å². The lowest BCUT2D eigenvalue weighted by molar-refractivity contribution is -0.0605. The van der Waals surface area contributed by atoms with Crippen LogP contribution < -0.4 is 5.32 Å². The molecule has 2 unspecified atom stereocenters. The Morgan fingerprint density at radius 1 is 1.27 bits per heavy atom. The third-order valence-electron chi connectivity index (χ3n) is 4.17. The molecule has 0 bridgehead atoms. The summed E-state index contributed by atoms with van der Waals surface area (Å²) in [6.07, 6.45) is 1.72. The van der Waals surface area contributed by atoms with Crippen LogP contribution in [0.5, 0.6) is 0 Å². The van der Waals surface area contributed by atoms with Crippen LogP contribution in [0.3, 0.4) is 0 Å². The number of hydrogen-bond acceptors (Lipinski definition) is 3. The largest absolute Gasteiger partial charge is 0.367 e. The maximum Gasteiger partial charge on any atom is 0.194 e. The molecule has 0 radical (unpaired) electrons. The van der Waals surface area contributed by atoms with Crippen molar-refractivity contribution in [3.63, 3.8) is 0 Å². The normalized spacial score (nSPS) is 20.4. The van der Waals surface area contributed by atoms with Gasteiger partial charge >= 0.3 is 0 Å². The van der Waals surface area contributed by atoms with Crippen molar-refractivity contribution < 1.29 is 9.13 Å². The molecule has 1 fully saturated rings. The van der Waals surface area contributed by atoms with Crippen molar-refractivity contribution >= 4 is 29.9 Å². The Morgan fingerprint density at radius 3 is 2.69 bits per heavy atom. The van der Waals surface area contributed by atoms with Gasteiger partial charge in [0.15, 0.2) is 5.96 Å². The number of aromatic nitrogens is 1. The van der Waals surface area contributed by atoms with Crippen LogP contribution in [0.2, 0.25) is 0 Å². The Hall–Kier alpha value is -1.74. The topological polar surface area (TPSA) is 49.8 Å². The highest BCUT2D eigenvalue weighted by atomic mass is 127. The third kappa shape index (κ3) is 5.38. The summed E-state index contributed by atoms with van der Waals surface area (Å²) in [6, 6.07) is 12.3. The van der Waals surface area contributed by atoms with Crippen molar-refractivity contribution in [1.82, 2.24) is 15.2 Å². The molecule has 0 saturated carbocycles. The van der Waals surface area contributed by atoms with Gasteiger partial charge in [-0.1, -0.05) is 18.2 Å². The number of hydrogen-bond donors (Lipinski definition) is 1. The summed E-state index contributed by atoms with van der Waals surface area (Å²) >= 11 is 0. The molecule has 1 aliphatic rings. The summed E-state index contributed by atoms with van der Waals surface area (Å²) in [5.41, 5.74) is 1.93. The van der Waals surface area contributed by atoms with Gasteiger partial charge in [0.2, 0.25) is 0 Å². The van der Waals surface area contributed by atoms with Crippen molar-refractivity contribution in [1.29, 1.82) is 0 Å². The first kappa shape index (κ1) is 20.6. The quantitative estimate of drug-likeness (QED) is 0.425. The fourth-order valence-electron chi connectivity index (χ4n) is 2.99. The standard InChI is InChI=1S/C19H23FN4O.HI/c1-14-12-24(13-18(25-14)15-6-8-16(20)9-7-15)19(21-2)23-11-17-5-3-4-10-22-17;/h3-10,14,18H,11-13H2,1-2H3,(H,21,23);1H. The molecule has 1 aromatic heterocycles. The van der Waals surface area contributed by atoms with E-state index in [1.807, 2.05) is 25.1 Å². The summed E-state index contributed by atoms with van der Waals surface area (Å²) in [5.74, 6) is 0.574. The maximum atomic E-state index is 13.2. The lowest BCUT2D eigenvalue weighted by Gasteiger charge is -2.38. The van der Waals surface area contributed by atoms with E-state index >= 15 is 0 Å². The number of benzene rings is 1. The minimum Gasteiger partial charge on any atom is -0.367 e. The van der Waals surface area contributed by atoms with Crippen molar-refractivity contribution in [3.8, 4) is 0 Å². The summed E-state index contributed by atoms with van der Waals surface area (Å²) in [6.45, 7) is 4.06. The van der Waals surface area contributed by atoms with Gasteiger partial charge in [0.05, 0.1) is 24.9 Å². The molecule has 2 atom stereocenters. The molecule has 0 amide bonds. The molecule has 1 aliphatic heterocycles. The van der Waals surface area contributed by atoms with Crippen LogP contribution in [0, 0.1) is 5.82 Å². The molecule has 1 saturated heterocycles. The monoisotopic (exact) mass is 470 g/mol. The minimum absolute atomic E-state index is 0. The van der Waals surface area contributed by atoms with Crippen molar-refractivity contribution in [2.75, 3.05) is 20.1 Å². The van der Waals surface area contributed by atoms with Gasteiger partial charge in [-0.15, -0.1) is 24.0 Å². The number of ether oxygens (including phenoxy) is 1. The highest BCUT2D eigenvalue weighted by molar-refractivity contribution is 14.0. The van der Waals surface area contributed by atoms with Crippen LogP contribution in [0.4, 0.5) is 4.39 Å². The van der Waals surface area contributed by atoms with Gasteiger partial charge in [-0.05, 0) is 36.8 Å². The van der Waals surface area contributed by atoms with E-state index in [2.05, 4.69) is 20.2 Å². The van der Waals surface area contributed by atoms with Gasteiger partial charge in [0.1, 0.15) is 11.9 Å². The second kappa shape index (κ2) is 9.82. The van der Waals surface area contributed by atoms with Crippen LogP contribution in [0.15, 0.2) is 53.7 Å². The summed E-state index contributed by atoms with van der Waals surface area (Å²) in [5, 5.41) is 3.35. The van der Waals surface area contributed by atoms with E-state index in [-0.39, 0.29) is 42.0 Å². The summed E-state index contributed by atoms with van der Waals surface area (Å²) in [7, 11) is 1.77. The number of pyridine rings is 1. The van der Waals surface area contributed by atoms with Gasteiger partial charge in [-0.2, -0.15) is 0 Å². The second-order valence-corrected chi connectivity index (χ2v) is 6.11. The Labute approximate surface area is 170 Å². The Kier molecular flexibility index (Phi) is 7.77. The van der Waals surface area contributed by atoms with Gasteiger partial charge in [-0.3, -0.25) is 9.98 Å². The fraction of sp³-hybridized carbons (Fsp3) is 0.368. The minimum atomic E-state index is -0.239. The predicted molar refractivity (Wildman–Crippen MR) is 111 cm³/mol. The van der Waals surface area contributed by atoms with Crippen LogP contribution in [-0.2, 0) is 11.3 Å². The Balaban J connectivity index is 0.00000243. The summed E-state index contributed by atoms with van der Waals surface area (Å²) in [4.78, 5) is 10.9. The Morgan fingerprint density at radius 2 is 2.04 bits per heavy atom. The zero-order chi connectivity index (χ0) is 17.6. The number of morpholine rings is 1. The summed E-state index contributed by atoms with van der Waals surface area (Å²) < 4.78 is 19.2. The first-order valence-corrected chi connectivity index (χ1v) is 8.42. The molecule has 1 N–H and O–H groups in total. The maximum absolute atomic E-state index is 13.2. The van der Waals surface area contributed by atoms with Crippen LogP contribution in [0.1, 0.15) is 24.3 Å². The van der Waals surface area contributed by atoms with Crippen LogP contribution in [-0.4, -0.2) is 42.1 Å². The van der Waals surface area contributed by atoms with Gasteiger partial charge in [0.25, 0.3) is 0 Å². The van der Waals surface area contributed by atoms with Gasteiger partial charge < -0.3 is 15.0 Å². The Bertz CT molecular complexity index is 711. The lowest BCUT2D eigenvalue weighted by Crippen LogP contribution is -2.50. The lowest BCUT2D eigenvalue weighted by atomic mass is 10.1. The number of rotatable bonds is 3. The molecule has 2 aromatic rings.